The van der Waals surface area contributed by atoms with Crippen molar-refractivity contribution in [1.82, 2.24) is 0 Å². The Labute approximate surface area is 235 Å². The zero-order valence-electron chi connectivity index (χ0n) is 20.5. The number of hydrogen-bond acceptors (Lipinski definition) is 7. The monoisotopic (exact) mass is 572 g/mol. The van der Waals surface area contributed by atoms with Crippen LogP contribution in [0, 0.1) is 6.92 Å². The van der Waals surface area contributed by atoms with E-state index in [1.807, 2.05) is 12.1 Å². The molecule has 38 heavy (non-hydrogen) atoms. The molecular formula is C31H24O3S4. The Balaban J connectivity index is 1.19. The number of aryl methyl sites for hydroxylation is 1. The number of thiophene rings is 4. The van der Waals surface area contributed by atoms with Gasteiger partial charge in [-0.05, 0) is 54.4 Å². The fourth-order valence-electron chi connectivity index (χ4n) is 4.96. The van der Waals surface area contributed by atoms with Gasteiger partial charge in [-0.2, -0.15) is 0 Å². The van der Waals surface area contributed by atoms with Gasteiger partial charge in [-0.25, -0.2) is 0 Å². The van der Waals surface area contributed by atoms with Gasteiger partial charge in [0.15, 0.2) is 0 Å². The maximum absolute atomic E-state index is 10.9. The summed E-state index contributed by atoms with van der Waals surface area (Å²) in [5.74, 6) is 0.237. The summed E-state index contributed by atoms with van der Waals surface area (Å²) >= 11 is 6.95. The van der Waals surface area contributed by atoms with Crippen LogP contribution in [0.4, 0.5) is 0 Å². The predicted octanol–water partition coefficient (Wildman–Crippen LogP) is 9.11. The molecule has 7 rings (SSSR count). The van der Waals surface area contributed by atoms with E-state index in [9.17, 15) is 15.3 Å². The van der Waals surface area contributed by atoms with Crippen molar-refractivity contribution in [1.29, 1.82) is 0 Å². The smallest absolute Gasteiger partial charge is 0.115 e. The minimum Gasteiger partial charge on any atom is -0.508 e. The minimum atomic E-state index is -0.570. The van der Waals surface area contributed by atoms with Crippen molar-refractivity contribution in [3.63, 3.8) is 0 Å². The molecule has 2 atom stereocenters. The highest BCUT2D eigenvalue weighted by molar-refractivity contribution is 7.34. The van der Waals surface area contributed by atoms with E-state index in [4.69, 9.17) is 0 Å². The first-order valence-corrected chi connectivity index (χ1v) is 15.7. The quantitative estimate of drug-likeness (QED) is 0.186. The topological polar surface area (TPSA) is 60.7 Å². The second kappa shape index (κ2) is 9.45. The van der Waals surface area contributed by atoms with E-state index in [1.165, 1.54) is 44.5 Å². The summed E-state index contributed by atoms with van der Waals surface area (Å²) in [6.07, 6.45) is 0.0767. The number of aliphatic hydroxyl groups excluding tert-OH is 2. The summed E-state index contributed by atoms with van der Waals surface area (Å²) in [5.41, 5.74) is 3.38. The van der Waals surface area contributed by atoms with Gasteiger partial charge in [0.25, 0.3) is 0 Å². The Kier molecular flexibility index (Phi) is 6.04. The first-order chi connectivity index (χ1) is 18.4. The third-order valence-corrected chi connectivity index (χ3v) is 12.0. The summed E-state index contributed by atoms with van der Waals surface area (Å²) in [7, 11) is 0. The average Bonchev–Trinajstić information content (AvgIpc) is 3.65. The standard InChI is InChI=1S/C31H24O3S4/c1-16-2-4-17(5-3-16)10-22(33)26-14-28-30(37-26)20-12-25-21(13-24(20)35-28)31-29(36-25)15-27(38-31)23(34)11-18-6-8-19(32)9-7-18/h2-9,12-15,22-23,32-34H,10-11H2,1H3. The lowest BCUT2D eigenvalue weighted by Gasteiger charge is -2.08. The number of fused-ring (bicyclic) bond motifs is 6. The zero-order valence-corrected chi connectivity index (χ0v) is 23.7. The SMILES string of the molecule is Cc1ccc(CC(O)c2cc3sc4cc5c(cc4c3s2)sc2cc(C(O)Cc3ccc(O)cc3)sc25)cc1. The number of aromatic hydroxyl groups is 1. The first-order valence-electron chi connectivity index (χ1n) is 12.4. The molecule has 0 aliphatic carbocycles. The van der Waals surface area contributed by atoms with Crippen molar-refractivity contribution in [2.24, 2.45) is 0 Å². The molecule has 0 spiro atoms. The lowest BCUT2D eigenvalue weighted by atomic mass is 10.1. The van der Waals surface area contributed by atoms with Gasteiger partial charge in [-0.3, -0.25) is 0 Å². The van der Waals surface area contributed by atoms with Crippen LogP contribution in [0.3, 0.4) is 0 Å². The van der Waals surface area contributed by atoms with Gasteiger partial charge in [-0.1, -0.05) is 42.0 Å². The summed E-state index contributed by atoms with van der Waals surface area (Å²) in [4.78, 5) is 1.99. The molecule has 4 heterocycles. The number of phenolic OH excluding ortho intramolecular Hbond substituents is 1. The number of benzene rings is 3. The van der Waals surface area contributed by atoms with E-state index in [-0.39, 0.29) is 5.75 Å². The lowest BCUT2D eigenvalue weighted by molar-refractivity contribution is 0.182. The van der Waals surface area contributed by atoms with Crippen molar-refractivity contribution < 1.29 is 15.3 Å². The number of aliphatic hydroxyl groups is 2. The Morgan fingerprint density at radius 2 is 1.03 bits per heavy atom. The summed E-state index contributed by atoms with van der Waals surface area (Å²) in [6, 6.07) is 24.3. The van der Waals surface area contributed by atoms with Crippen LogP contribution in [0.2, 0.25) is 0 Å². The van der Waals surface area contributed by atoms with Crippen LogP contribution in [0.15, 0.2) is 72.8 Å². The number of phenols is 1. The molecule has 0 saturated heterocycles. The highest BCUT2D eigenvalue weighted by Crippen LogP contribution is 2.47. The third-order valence-electron chi connectivity index (χ3n) is 7.02. The van der Waals surface area contributed by atoms with Crippen molar-refractivity contribution in [2.75, 3.05) is 0 Å². The van der Waals surface area contributed by atoms with E-state index in [0.717, 1.165) is 20.9 Å². The van der Waals surface area contributed by atoms with Crippen LogP contribution in [0.1, 0.15) is 38.7 Å². The molecule has 0 fully saturated rings. The van der Waals surface area contributed by atoms with Crippen LogP contribution in [0.25, 0.3) is 39.0 Å². The normalized spacial score (nSPS) is 13.8. The van der Waals surface area contributed by atoms with Gasteiger partial charge in [0.1, 0.15) is 5.75 Å². The molecule has 0 amide bonds. The molecule has 0 aliphatic rings. The van der Waals surface area contributed by atoms with E-state index >= 15 is 0 Å². The van der Waals surface area contributed by atoms with E-state index in [0.29, 0.717) is 12.8 Å². The maximum Gasteiger partial charge on any atom is 0.115 e. The van der Waals surface area contributed by atoms with Crippen LogP contribution in [-0.4, -0.2) is 15.3 Å². The molecular weight excluding hydrogens is 549 g/mol. The number of rotatable bonds is 6. The van der Waals surface area contributed by atoms with Crippen molar-refractivity contribution in [3.8, 4) is 5.75 Å². The van der Waals surface area contributed by atoms with Crippen LogP contribution in [-0.2, 0) is 12.8 Å². The van der Waals surface area contributed by atoms with Gasteiger partial charge < -0.3 is 15.3 Å². The molecule has 4 aromatic heterocycles. The van der Waals surface area contributed by atoms with E-state index in [1.54, 1.807) is 57.5 Å². The number of hydrogen-bond donors (Lipinski definition) is 3. The van der Waals surface area contributed by atoms with Gasteiger partial charge in [0.05, 0.1) is 21.6 Å². The molecule has 3 N–H and O–H groups in total. The molecule has 0 aliphatic heterocycles. The second-order valence-corrected chi connectivity index (χ2v) is 14.2. The van der Waals surface area contributed by atoms with Crippen LogP contribution in [0.5, 0.6) is 5.75 Å². The first kappa shape index (κ1) is 24.3. The van der Waals surface area contributed by atoms with Gasteiger partial charge in [0.2, 0.25) is 0 Å². The Morgan fingerprint density at radius 1 is 0.579 bits per heavy atom. The Morgan fingerprint density at radius 3 is 1.50 bits per heavy atom. The lowest BCUT2D eigenvalue weighted by Crippen LogP contribution is -1.99. The average molecular weight is 573 g/mol. The Hall–Kier alpha value is -2.78. The van der Waals surface area contributed by atoms with Gasteiger partial charge >= 0.3 is 0 Å². The summed E-state index contributed by atoms with van der Waals surface area (Å²) in [5, 5.41) is 33.8. The second-order valence-electron chi connectivity index (χ2n) is 9.82. The van der Waals surface area contributed by atoms with Crippen LogP contribution < -0.4 is 0 Å². The summed E-state index contributed by atoms with van der Waals surface area (Å²) in [6.45, 7) is 2.08. The van der Waals surface area contributed by atoms with Gasteiger partial charge in [0, 0.05) is 52.2 Å². The fraction of sp³-hybridized carbons (Fsp3) is 0.161. The Bertz CT molecular complexity index is 1780. The molecule has 0 saturated carbocycles. The molecule has 7 heteroatoms. The van der Waals surface area contributed by atoms with E-state index in [2.05, 4.69) is 55.5 Å². The summed E-state index contributed by atoms with van der Waals surface area (Å²) < 4.78 is 7.45. The van der Waals surface area contributed by atoms with Crippen LogP contribution >= 0.6 is 45.3 Å². The highest BCUT2D eigenvalue weighted by atomic mass is 32.1. The highest BCUT2D eigenvalue weighted by Gasteiger charge is 2.19. The minimum absolute atomic E-state index is 0.237. The van der Waals surface area contributed by atoms with Gasteiger partial charge in [-0.15, -0.1) is 45.3 Å². The van der Waals surface area contributed by atoms with Crippen molar-refractivity contribution in [3.05, 3.63) is 99.2 Å². The predicted molar refractivity (Wildman–Crippen MR) is 165 cm³/mol. The largest absolute Gasteiger partial charge is 0.508 e. The molecule has 2 unspecified atom stereocenters. The van der Waals surface area contributed by atoms with Crippen molar-refractivity contribution in [2.45, 2.75) is 32.0 Å². The molecule has 0 bridgehead atoms. The molecule has 3 aromatic carbocycles. The third kappa shape index (κ3) is 4.33. The van der Waals surface area contributed by atoms with E-state index < -0.39 is 12.2 Å². The molecule has 190 valence electrons. The van der Waals surface area contributed by atoms with Crippen molar-refractivity contribution >= 4 is 84.3 Å². The zero-order chi connectivity index (χ0) is 26.0. The molecule has 7 aromatic rings. The fourth-order valence-corrected chi connectivity index (χ4v) is 10.0. The molecule has 3 nitrogen and oxygen atoms in total. The molecule has 0 radical (unpaired) electrons. The maximum atomic E-state index is 10.9.